The minimum atomic E-state index is -1.26. The molecule has 108 valence electrons. The fraction of sp³-hybridized carbons (Fsp3) is 0.500. The molecule has 0 bridgehead atoms. The lowest BCUT2D eigenvalue weighted by Crippen LogP contribution is -2.25. The van der Waals surface area contributed by atoms with Crippen molar-refractivity contribution in [2.45, 2.75) is 26.2 Å². The molecule has 1 aliphatic heterocycles. The Kier molecular flexibility index (Phi) is 4.22. The van der Waals surface area contributed by atoms with Crippen LogP contribution >= 0.6 is 0 Å². The Bertz CT molecular complexity index is 530. The second-order valence-corrected chi connectivity index (χ2v) is 5.26. The molecular weight excluding hydrogens is 260 g/mol. The van der Waals surface area contributed by atoms with Gasteiger partial charge in [-0.2, -0.15) is 0 Å². The molecule has 0 aromatic heterocycles. The number of carbonyl (C=O) groups is 1. The quantitative estimate of drug-likeness (QED) is 0.678. The van der Waals surface area contributed by atoms with Gasteiger partial charge >= 0.3 is 11.7 Å². The first-order valence-electron chi connectivity index (χ1n) is 6.76. The molecule has 1 aromatic rings. The molecule has 1 unspecified atom stereocenters. The summed E-state index contributed by atoms with van der Waals surface area (Å²) < 4.78 is 0. The number of carboxylic acids is 1. The lowest BCUT2D eigenvalue weighted by atomic mass is 10.0. The first-order valence-corrected chi connectivity index (χ1v) is 6.76. The molecule has 1 saturated heterocycles. The zero-order chi connectivity index (χ0) is 14.7. The van der Waals surface area contributed by atoms with E-state index in [2.05, 4.69) is 6.92 Å². The van der Waals surface area contributed by atoms with Gasteiger partial charge in [-0.1, -0.05) is 13.0 Å². The number of nitro benzene ring substituents is 1. The highest BCUT2D eigenvalue weighted by Crippen LogP contribution is 2.33. The summed E-state index contributed by atoms with van der Waals surface area (Å²) >= 11 is 0. The Balaban J connectivity index is 2.42. The maximum atomic E-state index is 11.3. The molecule has 0 amide bonds. The molecule has 20 heavy (non-hydrogen) atoms. The van der Waals surface area contributed by atoms with E-state index in [0.717, 1.165) is 32.4 Å². The smallest absolute Gasteiger partial charge is 0.342 e. The Labute approximate surface area is 117 Å². The molecule has 1 aromatic carbocycles. The minimum absolute atomic E-state index is 0.246. The number of carboxylic acid groups (broad SMARTS) is 1. The zero-order valence-corrected chi connectivity index (χ0v) is 11.4. The van der Waals surface area contributed by atoms with Gasteiger partial charge in [-0.25, -0.2) is 4.79 Å². The van der Waals surface area contributed by atoms with Crippen LogP contribution < -0.4 is 4.90 Å². The van der Waals surface area contributed by atoms with Crippen LogP contribution in [0, 0.1) is 16.0 Å². The number of nitrogens with zero attached hydrogens (tertiary/aromatic N) is 2. The highest BCUT2D eigenvalue weighted by Gasteiger charge is 2.28. The average Bonchev–Trinajstić information content (AvgIpc) is 2.62. The van der Waals surface area contributed by atoms with Gasteiger partial charge in [0.1, 0.15) is 11.3 Å². The van der Waals surface area contributed by atoms with Crippen LogP contribution in [0.2, 0.25) is 0 Å². The van der Waals surface area contributed by atoms with Crippen molar-refractivity contribution in [3.8, 4) is 0 Å². The first-order chi connectivity index (χ1) is 9.50. The van der Waals surface area contributed by atoms with Crippen molar-refractivity contribution in [3.05, 3.63) is 33.9 Å². The topological polar surface area (TPSA) is 83.7 Å². The highest BCUT2D eigenvalue weighted by molar-refractivity contribution is 5.95. The van der Waals surface area contributed by atoms with Crippen molar-refractivity contribution in [2.24, 2.45) is 5.92 Å². The van der Waals surface area contributed by atoms with Crippen LogP contribution in [0.3, 0.4) is 0 Å². The predicted octanol–water partition coefficient (Wildman–Crippen LogP) is 2.92. The summed E-state index contributed by atoms with van der Waals surface area (Å²) in [6, 6.07) is 4.49. The van der Waals surface area contributed by atoms with Crippen molar-refractivity contribution < 1.29 is 14.8 Å². The summed E-state index contributed by atoms with van der Waals surface area (Å²) in [5.41, 5.74) is -0.122. The molecule has 0 radical (unpaired) electrons. The van der Waals surface area contributed by atoms with Gasteiger partial charge in [-0.15, -0.1) is 0 Å². The summed E-state index contributed by atoms with van der Waals surface area (Å²) in [4.78, 5) is 23.8. The van der Waals surface area contributed by atoms with E-state index in [1.807, 2.05) is 4.90 Å². The predicted molar refractivity (Wildman–Crippen MR) is 75.3 cm³/mol. The average molecular weight is 278 g/mol. The van der Waals surface area contributed by atoms with Crippen LogP contribution in [-0.2, 0) is 0 Å². The van der Waals surface area contributed by atoms with Crippen molar-refractivity contribution in [2.75, 3.05) is 18.0 Å². The van der Waals surface area contributed by atoms with Crippen LogP contribution in [0.15, 0.2) is 18.2 Å². The second kappa shape index (κ2) is 5.90. The van der Waals surface area contributed by atoms with Crippen molar-refractivity contribution in [3.63, 3.8) is 0 Å². The molecule has 2 rings (SSSR count). The van der Waals surface area contributed by atoms with E-state index in [1.54, 1.807) is 12.1 Å². The van der Waals surface area contributed by atoms with Crippen LogP contribution in [0.5, 0.6) is 0 Å². The Morgan fingerprint density at radius 1 is 1.40 bits per heavy atom. The Morgan fingerprint density at radius 2 is 2.15 bits per heavy atom. The molecular formula is C14H18N2O4. The normalized spacial score (nSPS) is 19.4. The summed E-state index contributed by atoms with van der Waals surface area (Å²) in [7, 11) is 0. The van der Waals surface area contributed by atoms with E-state index in [9.17, 15) is 14.9 Å². The molecule has 1 fully saturated rings. The number of aromatic carboxylic acids is 1. The van der Waals surface area contributed by atoms with Gasteiger partial charge in [-0.3, -0.25) is 10.1 Å². The standard InChI is InChI=1S/C14H18N2O4/c1-10-4-3-8-15(9-7-10)12-6-2-5-11(14(17)18)13(12)16(19)20/h2,5-6,10H,3-4,7-9H2,1H3,(H,17,18). The van der Waals surface area contributed by atoms with Gasteiger partial charge < -0.3 is 10.0 Å². The highest BCUT2D eigenvalue weighted by atomic mass is 16.6. The van der Waals surface area contributed by atoms with Gasteiger partial charge in [0.15, 0.2) is 0 Å². The van der Waals surface area contributed by atoms with E-state index in [4.69, 9.17) is 5.11 Å². The van der Waals surface area contributed by atoms with Gasteiger partial charge in [0.05, 0.1) is 4.92 Å². The third-order valence-electron chi connectivity index (χ3n) is 3.79. The molecule has 1 atom stereocenters. The Morgan fingerprint density at radius 3 is 2.80 bits per heavy atom. The van der Waals surface area contributed by atoms with E-state index in [0.29, 0.717) is 11.6 Å². The fourth-order valence-corrected chi connectivity index (χ4v) is 2.65. The number of anilines is 1. The molecule has 6 nitrogen and oxygen atoms in total. The first kappa shape index (κ1) is 14.3. The van der Waals surface area contributed by atoms with Crippen molar-refractivity contribution in [1.82, 2.24) is 0 Å². The number of benzene rings is 1. The number of para-hydroxylation sites is 1. The molecule has 1 heterocycles. The summed E-state index contributed by atoms with van der Waals surface area (Å²) in [5.74, 6) is -0.663. The zero-order valence-electron chi connectivity index (χ0n) is 11.4. The van der Waals surface area contributed by atoms with Gasteiger partial charge in [0.2, 0.25) is 0 Å². The molecule has 0 aliphatic carbocycles. The summed E-state index contributed by atoms with van der Waals surface area (Å²) in [5, 5.41) is 20.4. The monoisotopic (exact) mass is 278 g/mol. The fourth-order valence-electron chi connectivity index (χ4n) is 2.65. The molecule has 0 saturated carbocycles. The van der Waals surface area contributed by atoms with E-state index < -0.39 is 10.9 Å². The second-order valence-electron chi connectivity index (χ2n) is 5.26. The number of rotatable bonds is 3. The minimum Gasteiger partial charge on any atom is -0.477 e. The summed E-state index contributed by atoms with van der Waals surface area (Å²) in [6.07, 6.45) is 3.03. The number of hydrogen-bond acceptors (Lipinski definition) is 4. The molecule has 0 spiro atoms. The molecule has 1 aliphatic rings. The maximum absolute atomic E-state index is 11.3. The van der Waals surface area contributed by atoms with Crippen molar-refractivity contribution in [1.29, 1.82) is 0 Å². The van der Waals surface area contributed by atoms with Crippen LogP contribution in [0.4, 0.5) is 11.4 Å². The van der Waals surface area contributed by atoms with E-state index >= 15 is 0 Å². The van der Waals surface area contributed by atoms with E-state index in [-0.39, 0.29) is 11.3 Å². The molecule has 1 N–H and O–H groups in total. The third kappa shape index (κ3) is 2.89. The maximum Gasteiger partial charge on any atom is 0.342 e. The van der Waals surface area contributed by atoms with Gasteiger partial charge in [-0.05, 0) is 37.3 Å². The lowest BCUT2D eigenvalue weighted by Gasteiger charge is -2.22. The van der Waals surface area contributed by atoms with Crippen LogP contribution in [0.25, 0.3) is 0 Å². The van der Waals surface area contributed by atoms with Crippen molar-refractivity contribution >= 4 is 17.3 Å². The van der Waals surface area contributed by atoms with Gasteiger partial charge in [0.25, 0.3) is 0 Å². The number of hydrogen-bond donors (Lipinski definition) is 1. The van der Waals surface area contributed by atoms with Gasteiger partial charge in [0, 0.05) is 13.1 Å². The largest absolute Gasteiger partial charge is 0.477 e. The third-order valence-corrected chi connectivity index (χ3v) is 3.79. The van der Waals surface area contributed by atoms with Crippen LogP contribution in [-0.4, -0.2) is 29.1 Å². The lowest BCUT2D eigenvalue weighted by molar-refractivity contribution is -0.384. The molecule has 6 heteroatoms. The number of nitro groups is 1. The summed E-state index contributed by atoms with van der Waals surface area (Å²) in [6.45, 7) is 3.63. The Hall–Kier alpha value is -2.11. The van der Waals surface area contributed by atoms with Crippen LogP contribution in [0.1, 0.15) is 36.5 Å². The van der Waals surface area contributed by atoms with E-state index in [1.165, 1.54) is 6.07 Å². The SMILES string of the molecule is CC1CCCN(c2cccc(C(=O)O)c2[N+](=O)[O-])CC1.